The molecule has 0 aliphatic rings. The van der Waals surface area contributed by atoms with Crippen LogP contribution in [0.5, 0.6) is 0 Å². The maximum Gasteiger partial charge on any atom is 0.261 e. The van der Waals surface area contributed by atoms with Crippen molar-refractivity contribution in [3.63, 3.8) is 0 Å². The standard InChI is InChI=1S/C23H26N2O4S2/c1-3-18(2)20-9-13-23(14-10-20)31(28,29)25-21-11-15-22(16-12-21)30(26,27)24-17-19-7-5-4-6-8-19/h4-16,18,24-25H,3,17H2,1-2H3/t18-/m0/s1. The summed E-state index contributed by atoms with van der Waals surface area (Å²) in [5, 5.41) is 0. The molecule has 31 heavy (non-hydrogen) atoms. The highest BCUT2D eigenvalue weighted by Crippen LogP contribution is 2.22. The molecule has 8 heteroatoms. The Kier molecular flexibility index (Phi) is 7.15. The summed E-state index contributed by atoms with van der Waals surface area (Å²) >= 11 is 0. The summed E-state index contributed by atoms with van der Waals surface area (Å²) < 4.78 is 55.3. The van der Waals surface area contributed by atoms with E-state index < -0.39 is 20.0 Å². The number of anilines is 1. The number of benzene rings is 3. The van der Waals surface area contributed by atoms with Crippen LogP contribution in [0, 0.1) is 0 Å². The first-order valence-electron chi connectivity index (χ1n) is 9.98. The van der Waals surface area contributed by atoms with Gasteiger partial charge < -0.3 is 0 Å². The second-order valence-electron chi connectivity index (χ2n) is 7.32. The molecular weight excluding hydrogens is 432 g/mol. The van der Waals surface area contributed by atoms with Gasteiger partial charge in [0.2, 0.25) is 10.0 Å². The minimum absolute atomic E-state index is 0.0595. The van der Waals surface area contributed by atoms with E-state index in [9.17, 15) is 16.8 Å². The van der Waals surface area contributed by atoms with Crippen LogP contribution < -0.4 is 9.44 Å². The lowest BCUT2D eigenvalue weighted by molar-refractivity contribution is 0.581. The Morgan fingerprint density at radius 1 is 0.742 bits per heavy atom. The fraction of sp³-hybridized carbons (Fsp3) is 0.217. The molecule has 0 spiro atoms. The van der Waals surface area contributed by atoms with Gasteiger partial charge >= 0.3 is 0 Å². The van der Waals surface area contributed by atoms with E-state index in [4.69, 9.17) is 0 Å². The van der Waals surface area contributed by atoms with Crippen LogP contribution in [0.4, 0.5) is 5.69 Å². The summed E-state index contributed by atoms with van der Waals surface area (Å²) in [6, 6.07) is 21.6. The van der Waals surface area contributed by atoms with Crippen molar-refractivity contribution in [2.24, 2.45) is 0 Å². The van der Waals surface area contributed by atoms with Gasteiger partial charge in [0.25, 0.3) is 10.0 Å². The van der Waals surface area contributed by atoms with Gasteiger partial charge in [0, 0.05) is 12.2 Å². The van der Waals surface area contributed by atoms with Gasteiger partial charge in [-0.15, -0.1) is 0 Å². The number of rotatable bonds is 9. The summed E-state index contributed by atoms with van der Waals surface area (Å²) in [6.45, 7) is 4.34. The van der Waals surface area contributed by atoms with Crippen LogP contribution in [-0.4, -0.2) is 16.8 Å². The van der Waals surface area contributed by atoms with Crippen LogP contribution in [0.25, 0.3) is 0 Å². The molecule has 0 fully saturated rings. The number of sulfonamides is 2. The first-order chi connectivity index (χ1) is 14.7. The molecule has 0 heterocycles. The average molecular weight is 459 g/mol. The molecule has 164 valence electrons. The fourth-order valence-electron chi connectivity index (χ4n) is 2.98. The average Bonchev–Trinajstić information content (AvgIpc) is 2.78. The van der Waals surface area contributed by atoms with E-state index in [0.29, 0.717) is 5.92 Å². The van der Waals surface area contributed by atoms with E-state index in [1.807, 2.05) is 42.5 Å². The number of hydrogen-bond donors (Lipinski definition) is 2. The van der Waals surface area contributed by atoms with Crippen molar-refractivity contribution in [2.75, 3.05) is 4.72 Å². The SMILES string of the molecule is CC[C@H](C)c1ccc(S(=O)(=O)Nc2ccc(S(=O)(=O)NCc3ccccc3)cc2)cc1. The molecular formula is C23H26N2O4S2. The highest BCUT2D eigenvalue weighted by molar-refractivity contribution is 7.92. The zero-order valence-corrected chi connectivity index (χ0v) is 19.1. The van der Waals surface area contributed by atoms with Crippen molar-refractivity contribution in [3.8, 4) is 0 Å². The summed E-state index contributed by atoms with van der Waals surface area (Å²) in [4.78, 5) is 0.213. The van der Waals surface area contributed by atoms with E-state index in [1.54, 1.807) is 12.1 Å². The maximum absolute atomic E-state index is 12.7. The predicted octanol–water partition coefficient (Wildman–Crippen LogP) is 4.48. The van der Waals surface area contributed by atoms with Crippen molar-refractivity contribution in [1.82, 2.24) is 4.72 Å². The first-order valence-corrected chi connectivity index (χ1v) is 12.9. The zero-order chi connectivity index (χ0) is 22.5. The van der Waals surface area contributed by atoms with Gasteiger partial charge in [0.1, 0.15) is 0 Å². The maximum atomic E-state index is 12.7. The topological polar surface area (TPSA) is 92.3 Å². The molecule has 0 radical (unpaired) electrons. The molecule has 3 aromatic rings. The summed E-state index contributed by atoms with van der Waals surface area (Å²) in [5.41, 5.74) is 2.21. The van der Waals surface area contributed by atoms with Crippen molar-refractivity contribution >= 4 is 25.7 Å². The molecule has 1 atom stereocenters. The van der Waals surface area contributed by atoms with E-state index in [1.165, 1.54) is 24.3 Å². The molecule has 2 N–H and O–H groups in total. The molecule has 3 aromatic carbocycles. The monoisotopic (exact) mass is 458 g/mol. The quantitative estimate of drug-likeness (QED) is 0.494. The Labute approximate surface area is 184 Å². The van der Waals surface area contributed by atoms with Crippen LogP contribution in [0.3, 0.4) is 0 Å². The van der Waals surface area contributed by atoms with Crippen molar-refractivity contribution in [3.05, 3.63) is 90.0 Å². The van der Waals surface area contributed by atoms with Gasteiger partial charge in [-0.1, -0.05) is 56.3 Å². The molecule has 3 rings (SSSR count). The third kappa shape index (κ3) is 5.94. The summed E-state index contributed by atoms with van der Waals surface area (Å²) in [7, 11) is -7.49. The van der Waals surface area contributed by atoms with Crippen LogP contribution in [0.1, 0.15) is 37.3 Å². The van der Waals surface area contributed by atoms with Gasteiger partial charge in [-0.2, -0.15) is 0 Å². The van der Waals surface area contributed by atoms with Gasteiger partial charge in [0.05, 0.1) is 9.79 Å². The molecule has 0 saturated heterocycles. The fourth-order valence-corrected chi connectivity index (χ4v) is 5.06. The second kappa shape index (κ2) is 9.64. The summed E-state index contributed by atoms with van der Waals surface area (Å²) in [5.74, 6) is 0.356. The number of hydrogen-bond acceptors (Lipinski definition) is 4. The third-order valence-electron chi connectivity index (χ3n) is 5.10. The molecule has 0 aromatic heterocycles. The molecule has 0 aliphatic carbocycles. The lowest BCUT2D eigenvalue weighted by Crippen LogP contribution is -2.23. The van der Waals surface area contributed by atoms with Crippen LogP contribution in [0.15, 0.2) is 88.7 Å². The zero-order valence-electron chi connectivity index (χ0n) is 17.4. The van der Waals surface area contributed by atoms with Gasteiger partial charge in [-0.25, -0.2) is 21.6 Å². The van der Waals surface area contributed by atoms with Crippen LogP contribution in [0.2, 0.25) is 0 Å². The molecule has 0 aliphatic heterocycles. The smallest absolute Gasteiger partial charge is 0.261 e. The highest BCUT2D eigenvalue weighted by atomic mass is 32.2. The van der Waals surface area contributed by atoms with E-state index in [2.05, 4.69) is 23.3 Å². The molecule has 6 nitrogen and oxygen atoms in total. The van der Waals surface area contributed by atoms with E-state index >= 15 is 0 Å². The normalized spacial score (nSPS) is 13.0. The van der Waals surface area contributed by atoms with Crippen molar-refractivity contribution in [1.29, 1.82) is 0 Å². The number of nitrogens with one attached hydrogen (secondary N) is 2. The van der Waals surface area contributed by atoms with E-state index in [0.717, 1.165) is 17.5 Å². The lowest BCUT2D eigenvalue weighted by atomic mass is 9.99. The molecule has 0 amide bonds. The van der Waals surface area contributed by atoms with Crippen LogP contribution >= 0.6 is 0 Å². The third-order valence-corrected chi connectivity index (χ3v) is 7.91. The van der Waals surface area contributed by atoms with E-state index in [-0.39, 0.29) is 22.0 Å². The Morgan fingerprint density at radius 3 is 1.87 bits per heavy atom. The Morgan fingerprint density at radius 2 is 1.29 bits per heavy atom. The first kappa shape index (κ1) is 23.0. The molecule has 0 bridgehead atoms. The van der Waals surface area contributed by atoms with Gasteiger partial charge in [-0.05, 0) is 59.9 Å². The lowest BCUT2D eigenvalue weighted by Gasteiger charge is -2.12. The summed E-state index contributed by atoms with van der Waals surface area (Å²) in [6.07, 6.45) is 0.972. The molecule has 0 unspecified atom stereocenters. The minimum atomic E-state index is -3.77. The van der Waals surface area contributed by atoms with Crippen molar-refractivity contribution in [2.45, 2.75) is 42.5 Å². The minimum Gasteiger partial charge on any atom is -0.280 e. The Hall–Kier alpha value is -2.68. The largest absolute Gasteiger partial charge is 0.280 e. The van der Waals surface area contributed by atoms with Gasteiger partial charge in [-0.3, -0.25) is 4.72 Å². The predicted molar refractivity (Wildman–Crippen MR) is 123 cm³/mol. The van der Waals surface area contributed by atoms with Crippen LogP contribution in [-0.2, 0) is 26.6 Å². The second-order valence-corrected chi connectivity index (χ2v) is 10.8. The highest BCUT2D eigenvalue weighted by Gasteiger charge is 2.17. The van der Waals surface area contributed by atoms with Crippen molar-refractivity contribution < 1.29 is 16.8 Å². The Bertz CT molecular complexity index is 1210. The molecule has 0 saturated carbocycles. The Balaban J connectivity index is 1.69. The van der Waals surface area contributed by atoms with Gasteiger partial charge in [0.15, 0.2) is 0 Å².